The van der Waals surface area contributed by atoms with Gasteiger partial charge in [0.2, 0.25) is 10.0 Å². The molecule has 0 amide bonds. The van der Waals surface area contributed by atoms with Crippen LogP contribution >= 0.6 is 0 Å². The highest BCUT2D eigenvalue weighted by atomic mass is 32.2. The van der Waals surface area contributed by atoms with E-state index >= 15 is 0 Å². The molecule has 1 fully saturated rings. The Labute approximate surface area is 124 Å². The van der Waals surface area contributed by atoms with E-state index in [1.54, 1.807) is 6.92 Å². The van der Waals surface area contributed by atoms with Gasteiger partial charge < -0.3 is 9.84 Å². The van der Waals surface area contributed by atoms with Gasteiger partial charge in [0, 0.05) is 13.1 Å². The predicted molar refractivity (Wildman–Crippen MR) is 76.3 cm³/mol. The third kappa shape index (κ3) is 3.25. The highest BCUT2D eigenvalue weighted by Crippen LogP contribution is 2.26. The van der Waals surface area contributed by atoms with Crippen LogP contribution in [0, 0.1) is 5.92 Å². The number of aliphatic hydroxyl groups excluding tert-OH is 1. The smallest absolute Gasteiger partial charge is 0.337 e. The maximum Gasteiger partial charge on any atom is 0.337 e. The quantitative estimate of drug-likeness (QED) is 0.834. The molecule has 0 saturated carbocycles. The number of ether oxygens (including phenoxy) is 1. The lowest BCUT2D eigenvalue weighted by atomic mass is 10.0. The molecular formula is C14H19NO5S. The second-order valence-electron chi connectivity index (χ2n) is 5.17. The van der Waals surface area contributed by atoms with Crippen molar-refractivity contribution in [3.8, 4) is 0 Å². The van der Waals surface area contributed by atoms with Gasteiger partial charge in [0.1, 0.15) is 0 Å². The Balaban J connectivity index is 2.19. The van der Waals surface area contributed by atoms with Crippen LogP contribution in [0.2, 0.25) is 0 Å². The van der Waals surface area contributed by atoms with E-state index in [2.05, 4.69) is 4.74 Å². The lowest BCUT2D eigenvalue weighted by molar-refractivity contribution is 0.0600. The molecule has 1 aromatic rings. The zero-order valence-electron chi connectivity index (χ0n) is 12.0. The molecule has 0 radical (unpaired) electrons. The summed E-state index contributed by atoms with van der Waals surface area (Å²) in [6, 6.07) is 5.66. The zero-order valence-corrected chi connectivity index (χ0v) is 12.8. The third-order valence-corrected chi connectivity index (χ3v) is 5.66. The maximum absolute atomic E-state index is 12.5. The van der Waals surface area contributed by atoms with E-state index < -0.39 is 22.1 Å². The van der Waals surface area contributed by atoms with E-state index in [-0.39, 0.29) is 10.8 Å². The van der Waals surface area contributed by atoms with Crippen LogP contribution in [-0.4, -0.2) is 50.1 Å². The Morgan fingerprint density at radius 2 is 2.00 bits per heavy atom. The summed E-state index contributed by atoms with van der Waals surface area (Å²) in [5, 5.41) is 9.56. The summed E-state index contributed by atoms with van der Waals surface area (Å²) < 4.78 is 30.9. The van der Waals surface area contributed by atoms with Gasteiger partial charge in [-0.1, -0.05) is 0 Å². The second-order valence-corrected chi connectivity index (χ2v) is 7.11. The fourth-order valence-corrected chi connectivity index (χ4v) is 3.91. The van der Waals surface area contributed by atoms with Crippen molar-refractivity contribution in [3.05, 3.63) is 29.8 Å². The summed E-state index contributed by atoms with van der Waals surface area (Å²) in [5.74, 6) is -0.539. The molecule has 1 aliphatic heterocycles. The third-order valence-electron chi connectivity index (χ3n) is 3.78. The van der Waals surface area contributed by atoms with E-state index in [0.717, 1.165) is 0 Å². The average molecular weight is 313 g/mol. The molecule has 1 aliphatic rings. The minimum absolute atomic E-state index is 0.0332. The number of aliphatic hydroxyl groups is 1. The summed E-state index contributed by atoms with van der Waals surface area (Å²) in [7, 11) is -2.31. The van der Waals surface area contributed by atoms with Crippen LogP contribution in [-0.2, 0) is 14.8 Å². The van der Waals surface area contributed by atoms with Gasteiger partial charge in [-0.2, -0.15) is 4.31 Å². The van der Waals surface area contributed by atoms with Crippen molar-refractivity contribution in [2.75, 3.05) is 20.2 Å². The van der Waals surface area contributed by atoms with Gasteiger partial charge in [-0.3, -0.25) is 0 Å². The molecule has 0 bridgehead atoms. The molecule has 1 heterocycles. The van der Waals surface area contributed by atoms with Crippen LogP contribution in [0.15, 0.2) is 29.2 Å². The summed E-state index contributed by atoms with van der Waals surface area (Å²) in [6.07, 6.45) is 0.129. The fraction of sp³-hybridized carbons (Fsp3) is 0.500. The highest BCUT2D eigenvalue weighted by molar-refractivity contribution is 7.89. The molecule has 2 unspecified atom stereocenters. The Bertz CT molecular complexity index is 609. The molecule has 1 aromatic carbocycles. The van der Waals surface area contributed by atoms with Crippen LogP contribution in [0.4, 0.5) is 0 Å². The lowest BCUT2D eigenvalue weighted by Gasteiger charge is -2.17. The maximum atomic E-state index is 12.5. The average Bonchev–Trinajstić information content (AvgIpc) is 2.97. The molecule has 7 heteroatoms. The van der Waals surface area contributed by atoms with Gasteiger partial charge in [-0.05, 0) is 43.5 Å². The van der Waals surface area contributed by atoms with Crippen LogP contribution in [0.3, 0.4) is 0 Å². The van der Waals surface area contributed by atoms with Crippen molar-refractivity contribution in [3.63, 3.8) is 0 Å². The van der Waals surface area contributed by atoms with E-state index in [4.69, 9.17) is 0 Å². The first kappa shape index (κ1) is 15.9. The van der Waals surface area contributed by atoms with E-state index in [9.17, 15) is 18.3 Å². The predicted octanol–water partition coefficient (Wildman–Crippen LogP) is 0.865. The van der Waals surface area contributed by atoms with Crippen LogP contribution in [0.1, 0.15) is 23.7 Å². The molecular weight excluding hydrogens is 294 g/mol. The van der Waals surface area contributed by atoms with Crippen molar-refractivity contribution in [2.45, 2.75) is 24.3 Å². The normalized spacial score (nSPS) is 21.2. The largest absolute Gasteiger partial charge is 0.465 e. The Morgan fingerprint density at radius 1 is 1.38 bits per heavy atom. The minimum atomic E-state index is -3.58. The first-order valence-electron chi connectivity index (χ1n) is 6.73. The molecule has 1 saturated heterocycles. The monoisotopic (exact) mass is 313 g/mol. The molecule has 2 atom stereocenters. The molecule has 116 valence electrons. The molecule has 1 N–H and O–H groups in total. The van der Waals surface area contributed by atoms with Crippen molar-refractivity contribution < 1.29 is 23.1 Å². The number of carbonyl (C=O) groups is 1. The van der Waals surface area contributed by atoms with Gasteiger partial charge in [0.25, 0.3) is 0 Å². The van der Waals surface area contributed by atoms with Crippen LogP contribution < -0.4 is 0 Å². The first-order valence-corrected chi connectivity index (χ1v) is 8.17. The van der Waals surface area contributed by atoms with Gasteiger partial charge in [0.15, 0.2) is 0 Å². The van der Waals surface area contributed by atoms with Gasteiger partial charge in [0.05, 0.1) is 23.7 Å². The number of hydrogen-bond donors (Lipinski definition) is 1. The van der Waals surface area contributed by atoms with Crippen LogP contribution in [0.5, 0.6) is 0 Å². The number of methoxy groups -OCH3 is 1. The molecule has 21 heavy (non-hydrogen) atoms. The molecule has 0 aliphatic carbocycles. The number of sulfonamides is 1. The Hall–Kier alpha value is -1.44. The van der Waals surface area contributed by atoms with Gasteiger partial charge in [-0.15, -0.1) is 0 Å². The summed E-state index contributed by atoms with van der Waals surface area (Å²) in [6.45, 7) is 2.39. The SMILES string of the molecule is COC(=O)c1ccc(S(=O)(=O)N2CCC(C(C)O)C2)cc1. The minimum Gasteiger partial charge on any atom is -0.465 e. The van der Waals surface area contributed by atoms with Crippen molar-refractivity contribution in [2.24, 2.45) is 5.92 Å². The number of nitrogens with zero attached hydrogens (tertiary/aromatic N) is 1. The number of carbonyl (C=O) groups excluding carboxylic acids is 1. The van der Waals surface area contributed by atoms with E-state index in [1.165, 1.54) is 35.7 Å². The molecule has 6 nitrogen and oxygen atoms in total. The van der Waals surface area contributed by atoms with Gasteiger partial charge in [-0.25, -0.2) is 13.2 Å². The number of benzene rings is 1. The summed E-state index contributed by atoms with van der Waals surface area (Å²) >= 11 is 0. The second kappa shape index (κ2) is 6.13. The summed E-state index contributed by atoms with van der Waals surface area (Å²) in [5.41, 5.74) is 0.305. The molecule has 2 rings (SSSR count). The van der Waals surface area contributed by atoms with Crippen molar-refractivity contribution in [1.29, 1.82) is 0 Å². The Morgan fingerprint density at radius 3 is 2.48 bits per heavy atom. The van der Waals surface area contributed by atoms with E-state index in [0.29, 0.717) is 25.1 Å². The standard InChI is InChI=1S/C14H19NO5S/c1-10(16)12-7-8-15(9-12)21(18,19)13-5-3-11(4-6-13)14(17)20-2/h3-6,10,12,16H,7-9H2,1-2H3. The van der Waals surface area contributed by atoms with Crippen molar-refractivity contribution >= 4 is 16.0 Å². The number of hydrogen-bond acceptors (Lipinski definition) is 5. The van der Waals surface area contributed by atoms with E-state index in [1.807, 2.05) is 0 Å². The number of rotatable bonds is 4. The lowest BCUT2D eigenvalue weighted by Crippen LogP contribution is -2.30. The fourth-order valence-electron chi connectivity index (χ4n) is 2.40. The topological polar surface area (TPSA) is 83.9 Å². The van der Waals surface area contributed by atoms with Crippen LogP contribution in [0.25, 0.3) is 0 Å². The highest BCUT2D eigenvalue weighted by Gasteiger charge is 2.34. The Kier molecular flexibility index (Phi) is 4.65. The molecule has 0 spiro atoms. The first-order chi connectivity index (χ1) is 9.86. The van der Waals surface area contributed by atoms with Crippen molar-refractivity contribution in [1.82, 2.24) is 4.31 Å². The summed E-state index contributed by atoms with van der Waals surface area (Å²) in [4.78, 5) is 11.5. The zero-order chi connectivity index (χ0) is 15.6. The number of esters is 1. The van der Waals surface area contributed by atoms with Gasteiger partial charge >= 0.3 is 5.97 Å². The molecule has 0 aromatic heterocycles.